The average molecular weight is 395 g/mol. The van der Waals surface area contributed by atoms with Gasteiger partial charge in [0.05, 0.1) is 19.4 Å². The molecular weight excluding hydrogens is 374 g/mol. The first-order valence-electron chi connectivity index (χ1n) is 8.77. The molecule has 0 saturated carbocycles. The summed E-state index contributed by atoms with van der Waals surface area (Å²) in [6.07, 6.45) is 0.584. The number of nitriles is 1. The Bertz CT molecular complexity index is 920. The monoisotopic (exact) mass is 395 g/mol. The number of amides is 1. The van der Waals surface area contributed by atoms with Gasteiger partial charge in [0.2, 0.25) is 0 Å². The Morgan fingerprint density at radius 2 is 1.90 bits per heavy atom. The van der Waals surface area contributed by atoms with E-state index in [9.17, 15) is 9.59 Å². The van der Waals surface area contributed by atoms with Crippen LogP contribution < -0.4 is 15.4 Å². The Kier molecular flexibility index (Phi) is 8.08. The highest BCUT2D eigenvalue weighted by Gasteiger charge is 2.12. The number of hydrogen-bond donors (Lipinski definition) is 2. The number of carbonyl (C=O) groups excluding carboxylic acids is 2. The zero-order valence-corrected chi connectivity index (χ0v) is 16.1. The second-order valence-electron chi connectivity index (χ2n) is 5.64. The van der Waals surface area contributed by atoms with Gasteiger partial charge in [-0.2, -0.15) is 5.26 Å². The van der Waals surface area contributed by atoms with Crippen LogP contribution in [0.4, 0.5) is 16.2 Å². The molecule has 2 aromatic carbocycles. The number of nitrogens with zero attached hydrogens (tertiary/aromatic N) is 1. The molecule has 0 heterocycles. The van der Waals surface area contributed by atoms with Crippen LogP contribution in [0.5, 0.6) is 5.75 Å². The van der Waals surface area contributed by atoms with E-state index in [4.69, 9.17) is 19.5 Å². The minimum absolute atomic E-state index is 0.126. The second kappa shape index (κ2) is 11.0. The number of carbonyl (C=O) groups is 2. The lowest BCUT2D eigenvalue weighted by Gasteiger charge is -2.12. The number of esters is 1. The van der Waals surface area contributed by atoms with E-state index in [1.54, 1.807) is 31.2 Å². The van der Waals surface area contributed by atoms with Gasteiger partial charge >= 0.3 is 12.1 Å². The number of hydrogen-bond acceptors (Lipinski definition) is 7. The summed E-state index contributed by atoms with van der Waals surface area (Å²) in [7, 11) is 1.47. The lowest BCUT2D eigenvalue weighted by molar-refractivity contribution is -0.138. The molecule has 0 aliphatic rings. The first-order valence-corrected chi connectivity index (χ1v) is 8.77. The highest BCUT2D eigenvalue weighted by atomic mass is 16.5. The maximum atomic E-state index is 12.1. The Hall–Kier alpha value is -3.99. The van der Waals surface area contributed by atoms with Crippen molar-refractivity contribution in [1.82, 2.24) is 0 Å². The van der Waals surface area contributed by atoms with E-state index in [1.165, 1.54) is 13.3 Å². The number of rotatable bonds is 8. The molecule has 0 unspecified atom stereocenters. The van der Waals surface area contributed by atoms with Gasteiger partial charge in [0.25, 0.3) is 0 Å². The van der Waals surface area contributed by atoms with Crippen molar-refractivity contribution in [1.29, 1.82) is 5.26 Å². The van der Waals surface area contributed by atoms with Crippen molar-refractivity contribution in [2.75, 3.05) is 24.4 Å². The second-order valence-corrected chi connectivity index (χ2v) is 5.64. The Morgan fingerprint density at radius 3 is 2.55 bits per heavy atom. The molecule has 29 heavy (non-hydrogen) atoms. The van der Waals surface area contributed by atoms with E-state index < -0.39 is 12.1 Å². The standard InChI is InChI=1S/C21H21N3O5/c1-3-28-20(25)16(12-22)13-23-17-9-10-19(27-2)18(11-17)24-21(26)29-14-15-7-5-4-6-8-15/h4-11,13,23H,3,14H2,1-2H3,(H,24,26)/b16-13+. The van der Waals surface area contributed by atoms with Gasteiger partial charge in [0.1, 0.15) is 18.4 Å². The lowest BCUT2D eigenvalue weighted by atomic mass is 10.2. The molecule has 0 atom stereocenters. The summed E-state index contributed by atoms with van der Waals surface area (Å²) in [6.45, 7) is 1.94. The lowest BCUT2D eigenvalue weighted by Crippen LogP contribution is -2.14. The van der Waals surface area contributed by atoms with Crippen LogP contribution in [0.15, 0.2) is 60.3 Å². The van der Waals surface area contributed by atoms with E-state index in [-0.39, 0.29) is 18.8 Å². The van der Waals surface area contributed by atoms with E-state index in [0.717, 1.165) is 5.56 Å². The summed E-state index contributed by atoms with van der Waals surface area (Å²) in [4.78, 5) is 23.8. The molecule has 0 radical (unpaired) electrons. The third-order valence-corrected chi connectivity index (χ3v) is 3.65. The summed E-state index contributed by atoms with van der Waals surface area (Å²) in [5, 5.41) is 14.5. The van der Waals surface area contributed by atoms with Crippen LogP contribution in [0.3, 0.4) is 0 Å². The van der Waals surface area contributed by atoms with Gasteiger partial charge in [0.15, 0.2) is 5.57 Å². The first kappa shape index (κ1) is 21.3. The van der Waals surface area contributed by atoms with E-state index in [1.807, 2.05) is 30.3 Å². The van der Waals surface area contributed by atoms with Crippen LogP contribution in [-0.2, 0) is 20.9 Å². The van der Waals surface area contributed by atoms with Crippen LogP contribution in [0.25, 0.3) is 0 Å². The van der Waals surface area contributed by atoms with Gasteiger partial charge in [-0.3, -0.25) is 5.32 Å². The molecule has 1 amide bonds. The van der Waals surface area contributed by atoms with Crippen LogP contribution >= 0.6 is 0 Å². The maximum Gasteiger partial charge on any atom is 0.412 e. The molecule has 0 bridgehead atoms. The van der Waals surface area contributed by atoms with Gasteiger partial charge < -0.3 is 19.5 Å². The minimum Gasteiger partial charge on any atom is -0.495 e. The molecule has 0 aromatic heterocycles. The highest BCUT2D eigenvalue weighted by molar-refractivity contribution is 5.93. The van der Waals surface area contributed by atoms with Gasteiger partial charge in [-0.1, -0.05) is 30.3 Å². The first-order chi connectivity index (χ1) is 14.1. The number of benzene rings is 2. The number of anilines is 2. The smallest absolute Gasteiger partial charge is 0.412 e. The zero-order valence-electron chi connectivity index (χ0n) is 16.1. The molecule has 8 nitrogen and oxygen atoms in total. The van der Waals surface area contributed by atoms with Crippen molar-refractivity contribution in [3.05, 3.63) is 65.9 Å². The average Bonchev–Trinajstić information content (AvgIpc) is 2.74. The summed E-state index contributed by atoms with van der Waals surface area (Å²) in [5.74, 6) is -0.305. The van der Waals surface area contributed by atoms with Gasteiger partial charge in [-0.15, -0.1) is 0 Å². The number of methoxy groups -OCH3 is 1. The predicted molar refractivity (Wildman–Crippen MR) is 107 cm³/mol. The fourth-order valence-corrected chi connectivity index (χ4v) is 2.27. The van der Waals surface area contributed by atoms with Gasteiger partial charge in [-0.25, -0.2) is 9.59 Å². The summed E-state index contributed by atoms with van der Waals surface area (Å²) in [6, 6.07) is 15.9. The highest BCUT2D eigenvalue weighted by Crippen LogP contribution is 2.28. The van der Waals surface area contributed by atoms with Crippen molar-refractivity contribution in [2.24, 2.45) is 0 Å². The topological polar surface area (TPSA) is 110 Å². The normalized spacial score (nSPS) is 10.4. The summed E-state index contributed by atoms with van der Waals surface area (Å²) >= 11 is 0. The maximum absolute atomic E-state index is 12.1. The number of nitrogens with one attached hydrogen (secondary N) is 2. The molecule has 2 N–H and O–H groups in total. The Balaban J connectivity index is 2.06. The third-order valence-electron chi connectivity index (χ3n) is 3.65. The fourth-order valence-electron chi connectivity index (χ4n) is 2.27. The molecular formula is C21H21N3O5. The molecule has 2 aromatic rings. The van der Waals surface area contributed by atoms with Crippen LogP contribution in [0, 0.1) is 11.3 Å². The molecule has 0 saturated heterocycles. The predicted octanol–water partition coefficient (Wildman–Crippen LogP) is 3.83. The number of ether oxygens (including phenoxy) is 3. The van der Waals surface area contributed by atoms with Crippen LogP contribution in [0.2, 0.25) is 0 Å². The van der Waals surface area contributed by atoms with Crippen molar-refractivity contribution in [3.63, 3.8) is 0 Å². The third kappa shape index (κ3) is 6.59. The zero-order chi connectivity index (χ0) is 21.1. The molecule has 0 fully saturated rings. The minimum atomic E-state index is -0.723. The Morgan fingerprint density at radius 1 is 1.14 bits per heavy atom. The molecule has 8 heteroatoms. The van der Waals surface area contributed by atoms with E-state index in [2.05, 4.69) is 10.6 Å². The Labute approximate surface area is 168 Å². The van der Waals surface area contributed by atoms with Crippen molar-refractivity contribution < 1.29 is 23.8 Å². The summed E-state index contributed by atoms with van der Waals surface area (Å²) < 4.78 is 15.2. The molecule has 0 spiro atoms. The quantitative estimate of drug-likeness (QED) is 0.397. The van der Waals surface area contributed by atoms with E-state index >= 15 is 0 Å². The van der Waals surface area contributed by atoms with Crippen molar-refractivity contribution in [3.8, 4) is 11.8 Å². The van der Waals surface area contributed by atoms with Gasteiger partial charge in [0, 0.05) is 11.9 Å². The van der Waals surface area contributed by atoms with E-state index in [0.29, 0.717) is 17.1 Å². The molecule has 150 valence electrons. The molecule has 0 aliphatic heterocycles. The SMILES string of the molecule is CCOC(=O)/C(C#N)=C/Nc1ccc(OC)c(NC(=O)OCc2ccccc2)c1. The van der Waals surface area contributed by atoms with Crippen LogP contribution in [0.1, 0.15) is 12.5 Å². The van der Waals surface area contributed by atoms with Gasteiger partial charge in [-0.05, 0) is 30.7 Å². The van der Waals surface area contributed by atoms with Crippen molar-refractivity contribution in [2.45, 2.75) is 13.5 Å². The largest absolute Gasteiger partial charge is 0.495 e. The fraction of sp³-hybridized carbons (Fsp3) is 0.190. The molecule has 2 rings (SSSR count). The van der Waals surface area contributed by atoms with Crippen LogP contribution in [-0.4, -0.2) is 25.8 Å². The molecule has 0 aliphatic carbocycles. The summed E-state index contributed by atoms with van der Waals surface area (Å²) in [5.41, 5.74) is 1.55. The van der Waals surface area contributed by atoms with Crippen molar-refractivity contribution >= 4 is 23.4 Å².